The normalized spacial score (nSPS) is 17.1. The Morgan fingerprint density at radius 2 is 1.95 bits per heavy atom. The van der Waals surface area contributed by atoms with Crippen molar-refractivity contribution in [3.63, 3.8) is 0 Å². The third-order valence-corrected chi connectivity index (χ3v) is 5.52. The van der Waals surface area contributed by atoms with Crippen LogP contribution in [-0.2, 0) is 16.4 Å². The van der Waals surface area contributed by atoms with Gasteiger partial charge in [0.15, 0.2) is 0 Å². The number of benzene rings is 1. The zero-order valence-corrected chi connectivity index (χ0v) is 13.2. The predicted octanol–water partition coefficient (Wildman–Crippen LogP) is 1.94. The van der Waals surface area contributed by atoms with E-state index in [2.05, 4.69) is 10.0 Å². The highest BCUT2D eigenvalue weighted by molar-refractivity contribution is 7.90. The number of hydrogen-bond acceptors (Lipinski definition) is 3. The van der Waals surface area contributed by atoms with Crippen molar-refractivity contribution in [2.24, 2.45) is 0 Å². The highest BCUT2D eigenvalue weighted by atomic mass is 35.5. The van der Waals surface area contributed by atoms with Crippen LogP contribution in [0, 0.1) is 0 Å². The molecule has 1 aliphatic rings. The molecule has 2 rings (SSSR count). The molecule has 112 valence electrons. The van der Waals surface area contributed by atoms with Gasteiger partial charge in [-0.2, -0.15) is 0 Å². The molecule has 1 unspecified atom stereocenters. The van der Waals surface area contributed by atoms with Gasteiger partial charge < -0.3 is 5.32 Å². The molecule has 1 aliphatic carbocycles. The van der Waals surface area contributed by atoms with Gasteiger partial charge in [0.2, 0.25) is 10.0 Å². The Morgan fingerprint density at radius 3 is 2.55 bits per heavy atom. The van der Waals surface area contributed by atoms with E-state index < -0.39 is 15.3 Å². The van der Waals surface area contributed by atoms with Crippen LogP contribution in [0.1, 0.15) is 25.3 Å². The molecule has 0 aromatic heterocycles. The summed E-state index contributed by atoms with van der Waals surface area (Å²) in [7, 11) is -3.25. The smallest absolute Gasteiger partial charge is 0.215 e. The first-order valence-corrected chi connectivity index (χ1v) is 8.86. The van der Waals surface area contributed by atoms with Crippen LogP contribution in [0.2, 0.25) is 5.02 Å². The van der Waals surface area contributed by atoms with E-state index in [0.29, 0.717) is 30.6 Å². The van der Waals surface area contributed by atoms with Crippen molar-refractivity contribution in [1.29, 1.82) is 0 Å². The highest BCUT2D eigenvalue weighted by Crippen LogP contribution is 2.18. The second kappa shape index (κ2) is 6.89. The molecule has 0 radical (unpaired) electrons. The van der Waals surface area contributed by atoms with Gasteiger partial charge in [0.05, 0.1) is 5.25 Å². The summed E-state index contributed by atoms with van der Waals surface area (Å²) < 4.78 is 26.7. The SMILES string of the molecule is CC(CNC1CC1)S(=O)(=O)NCCc1ccc(Cl)cc1. The molecular weight excluding hydrogens is 296 g/mol. The lowest BCUT2D eigenvalue weighted by Gasteiger charge is -2.14. The summed E-state index contributed by atoms with van der Waals surface area (Å²) in [5.74, 6) is 0. The number of rotatable bonds is 8. The molecule has 0 heterocycles. The van der Waals surface area contributed by atoms with Gasteiger partial charge in [0.1, 0.15) is 0 Å². The third kappa shape index (κ3) is 5.05. The second-order valence-corrected chi connectivity index (χ2v) is 7.93. The van der Waals surface area contributed by atoms with Gasteiger partial charge in [-0.1, -0.05) is 23.7 Å². The van der Waals surface area contributed by atoms with Crippen molar-refractivity contribution in [1.82, 2.24) is 10.0 Å². The average molecular weight is 317 g/mol. The quantitative estimate of drug-likeness (QED) is 0.770. The van der Waals surface area contributed by atoms with Gasteiger partial charge in [-0.15, -0.1) is 0 Å². The van der Waals surface area contributed by atoms with Crippen molar-refractivity contribution >= 4 is 21.6 Å². The standard InChI is InChI=1S/C14H21ClN2O2S/c1-11(10-16-14-6-7-14)20(18,19)17-9-8-12-2-4-13(15)5-3-12/h2-5,11,14,16-17H,6-10H2,1H3. The molecular formula is C14H21ClN2O2S. The Bertz CT molecular complexity index is 527. The van der Waals surface area contributed by atoms with E-state index in [1.807, 2.05) is 24.3 Å². The molecule has 1 aromatic carbocycles. The van der Waals surface area contributed by atoms with Gasteiger partial charge in [-0.3, -0.25) is 0 Å². The van der Waals surface area contributed by atoms with Gasteiger partial charge >= 0.3 is 0 Å². The maximum Gasteiger partial charge on any atom is 0.215 e. The van der Waals surface area contributed by atoms with Crippen LogP contribution in [0.25, 0.3) is 0 Å². The van der Waals surface area contributed by atoms with E-state index in [-0.39, 0.29) is 0 Å². The van der Waals surface area contributed by atoms with Crippen LogP contribution in [0.15, 0.2) is 24.3 Å². The van der Waals surface area contributed by atoms with Crippen LogP contribution in [0.3, 0.4) is 0 Å². The van der Waals surface area contributed by atoms with E-state index in [0.717, 1.165) is 18.4 Å². The topological polar surface area (TPSA) is 58.2 Å². The van der Waals surface area contributed by atoms with Crippen molar-refractivity contribution < 1.29 is 8.42 Å². The van der Waals surface area contributed by atoms with Gasteiger partial charge in [-0.05, 0) is 43.9 Å². The van der Waals surface area contributed by atoms with Gasteiger partial charge in [0.25, 0.3) is 0 Å². The fourth-order valence-electron chi connectivity index (χ4n) is 1.86. The molecule has 0 spiro atoms. The summed E-state index contributed by atoms with van der Waals surface area (Å²) in [6, 6.07) is 7.98. The van der Waals surface area contributed by atoms with Gasteiger partial charge in [0, 0.05) is 24.2 Å². The Kier molecular flexibility index (Phi) is 5.43. The van der Waals surface area contributed by atoms with Crippen molar-refractivity contribution in [3.8, 4) is 0 Å². The maximum atomic E-state index is 12.0. The molecule has 0 amide bonds. The minimum absolute atomic E-state index is 0.409. The van der Waals surface area contributed by atoms with E-state index in [1.54, 1.807) is 6.92 Å². The zero-order chi connectivity index (χ0) is 14.6. The zero-order valence-electron chi connectivity index (χ0n) is 11.6. The minimum atomic E-state index is -3.25. The summed E-state index contributed by atoms with van der Waals surface area (Å²) in [6.45, 7) is 2.67. The monoisotopic (exact) mass is 316 g/mol. The Morgan fingerprint density at radius 1 is 1.30 bits per heavy atom. The highest BCUT2D eigenvalue weighted by Gasteiger charge is 2.25. The number of sulfonamides is 1. The average Bonchev–Trinajstić information content (AvgIpc) is 3.22. The van der Waals surface area contributed by atoms with E-state index in [4.69, 9.17) is 11.6 Å². The van der Waals surface area contributed by atoms with Crippen LogP contribution < -0.4 is 10.0 Å². The first-order valence-electron chi connectivity index (χ1n) is 6.93. The number of halogens is 1. The summed E-state index contributed by atoms with van der Waals surface area (Å²) in [4.78, 5) is 0. The molecule has 0 aliphatic heterocycles. The van der Waals surface area contributed by atoms with Crippen LogP contribution in [0.5, 0.6) is 0 Å². The first-order chi connectivity index (χ1) is 9.47. The first kappa shape index (κ1) is 15.8. The molecule has 1 aromatic rings. The summed E-state index contributed by atoms with van der Waals surface area (Å²) in [5, 5.41) is 3.52. The van der Waals surface area contributed by atoms with Crippen LogP contribution >= 0.6 is 11.6 Å². The Balaban J connectivity index is 1.74. The molecule has 0 saturated heterocycles. The summed E-state index contributed by atoms with van der Waals surface area (Å²) in [5.41, 5.74) is 1.07. The molecule has 6 heteroatoms. The van der Waals surface area contributed by atoms with E-state index in [1.165, 1.54) is 0 Å². The lowest BCUT2D eigenvalue weighted by molar-refractivity contribution is 0.557. The van der Waals surface area contributed by atoms with Crippen LogP contribution in [-0.4, -0.2) is 32.8 Å². The summed E-state index contributed by atoms with van der Waals surface area (Å²) >= 11 is 5.81. The van der Waals surface area contributed by atoms with Crippen molar-refractivity contribution in [3.05, 3.63) is 34.9 Å². The number of nitrogens with one attached hydrogen (secondary N) is 2. The van der Waals surface area contributed by atoms with E-state index in [9.17, 15) is 8.42 Å². The molecule has 1 fully saturated rings. The maximum absolute atomic E-state index is 12.0. The second-order valence-electron chi connectivity index (χ2n) is 5.31. The molecule has 20 heavy (non-hydrogen) atoms. The van der Waals surface area contributed by atoms with Crippen LogP contribution in [0.4, 0.5) is 0 Å². The molecule has 4 nitrogen and oxygen atoms in total. The lowest BCUT2D eigenvalue weighted by Crippen LogP contribution is -2.40. The fraction of sp³-hybridized carbons (Fsp3) is 0.571. The third-order valence-electron chi connectivity index (χ3n) is 3.43. The fourth-order valence-corrected chi connectivity index (χ4v) is 2.97. The minimum Gasteiger partial charge on any atom is -0.313 e. The van der Waals surface area contributed by atoms with Gasteiger partial charge in [-0.25, -0.2) is 13.1 Å². The van der Waals surface area contributed by atoms with Crippen molar-refractivity contribution in [2.75, 3.05) is 13.1 Å². The Hall–Kier alpha value is -0.620. The predicted molar refractivity (Wildman–Crippen MR) is 82.6 cm³/mol. The summed E-state index contributed by atoms with van der Waals surface area (Å²) in [6.07, 6.45) is 2.99. The van der Waals surface area contributed by atoms with E-state index >= 15 is 0 Å². The molecule has 1 atom stereocenters. The molecule has 1 saturated carbocycles. The number of hydrogen-bond donors (Lipinski definition) is 2. The lowest BCUT2D eigenvalue weighted by atomic mass is 10.2. The van der Waals surface area contributed by atoms with Crippen molar-refractivity contribution in [2.45, 2.75) is 37.5 Å². The largest absolute Gasteiger partial charge is 0.313 e. The molecule has 0 bridgehead atoms. The molecule has 2 N–H and O–H groups in total. The Labute approximate surface area is 126 Å².